The number of hydrogen-bond donors (Lipinski definition) is 0. The molecule has 1 saturated carbocycles. The summed E-state index contributed by atoms with van der Waals surface area (Å²) in [4.78, 5) is 15.3. The van der Waals surface area contributed by atoms with Crippen molar-refractivity contribution in [3.05, 3.63) is 89.2 Å². The first-order valence-corrected chi connectivity index (χ1v) is 13.4. The largest absolute Gasteiger partial charge is 0.497 e. The van der Waals surface area contributed by atoms with Gasteiger partial charge in [0.15, 0.2) is 5.79 Å². The van der Waals surface area contributed by atoms with Gasteiger partial charge in [-0.1, -0.05) is 30.3 Å². The lowest BCUT2D eigenvalue weighted by Gasteiger charge is -2.35. The third-order valence-electron chi connectivity index (χ3n) is 8.33. The van der Waals surface area contributed by atoms with Crippen LogP contribution < -0.4 is 9.64 Å². The van der Waals surface area contributed by atoms with Crippen molar-refractivity contribution in [3.63, 3.8) is 0 Å². The maximum atomic E-state index is 13.4. The van der Waals surface area contributed by atoms with Gasteiger partial charge in [-0.05, 0) is 59.2 Å². The summed E-state index contributed by atoms with van der Waals surface area (Å²) in [5, 5.41) is 6.90. The number of hydrogen-bond acceptors (Lipinski definition) is 5. The van der Waals surface area contributed by atoms with E-state index in [9.17, 15) is 4.79 Å². The van der Waals surface area contributed by atoms with E-state index in [-0.39, 0.29) is 11.7 Å². The molecule has 7 rings (SSSR count). The Labute approximate surface area is 221 Å². The summed E-state index contributed by atoms with van der Waals surface area (Å²) in [5.74, 6) is 0.510. The van der Waals surface area contributed by atoms with Crippen molar-refractivity contribution in [2.45, 2.75) is 50.5 Å². The number of aromatic nitrogens is 2. The molecule has 2 fully saturated rings. The maximum Gasteiger partial charge on any atom is 0.259 e. The first-order valence-electron chi connectivity index (χ1n) is 13.4. The Morgan fingerprint density at radius 1 is 1.00 bits per heavy atom. The maximum absolute atomic E-state index is 13.4. The lowest BCUT2D eigenvalue weighted by Crippen LogP contribution is -2.35. The molecule has 2 aliphatic heterocycles. The van der Waals surface area contributed by atoms with E-state index in [0.717, 1.165) is 65.4 Å². The predicted molar refractivity (Wildman–Crippen MR) is 145 cm³/mol. The van der Waals surface area contributed by atoms with Crippen molar-refractivity contribution in [3.8, 4) is 5.75 Å². The van der Waals surface area contributed by atoms with Crippen molar-refractivity contribution in [1.29, 1.82) is 0 Å². The van der Waals surface area contributed by atoms with Gasteiger partial charge in [0.05, 0.1) is 44.8 Å². The molecule has 3 aliphatic rings. The highest BCUT2D eigenvalue weighted by Gasteiger charge is 2.41. The monoisotopic (exact) mass is 509 g/mol. The Bertz CT molecular complexity index is 1490. The number of ether oxygens (including phenoxy) is 3. The van der Waals surface area contributed by atoms with Crippen LogP contribution in [0.3, 0.4) is 0 Å². The van der Waals surface area contributed by atoms with Crippen LogP contribution in [0.5, 0.6) is 5.75 Å². The zero-order valence-electron chi connectivity index (χ0n) is 21.6. The highest BCUT2D eigenvalue weighted by Crippen LogP contribution is 2.42. The zero-order chi connectivity index (χ0) is 25.7. The second-order valence-electron chi connectivity index (χ2n) is 10.6. The fraction of sp³-hybridized carbons (Fsp3) is 0.355. The van der Waals surface area contributed by atoms with Crippen LogP contribution >= 0.6 is 0 Å². The van der Waals surface area contributed by atoms with Gasteiger partial charge in [-0.15, -0.1) is 0 Å². The lowest BCUT2D eigenvalue weighted by atomic mass is 9.90. The molecular formula is C31H31N3O4. The van der Waals surface area contributed by atoms with Gasteiger partial charge < -0.3 is 19.1 Å². The molecule has 0 atom stereocenters. The Morgan fingerprint density at radius 2 is 1.79 bits per heavy atom. The molecule has 1 saturated heterocycles. The molecule has 7 heteroatoms. The number of anilines is 1. The fourth-order valence-corrected chi connectivity index (χ4v) is 6.31. The summed E-state index contributed by atoms with van der Waals surface area (Å²) in [6.45, 7) is 1.93. The normalized spacial score (nSPS) is 18.7. The second-order valence-corrected chi connectivity index (χ2v) is 10.6. The van der Waals surface area contributed by atoms with E-state index in [1.807, 2.05) is 47.5 Å². The van der Waals surface area contributed by atoms with Crippen LogP contribution in [0, 0.1) is 0 Å². The van der Waals surface area contributed by atoms with Crippen molar-refractivity contribution >= 4 is 22.4 Å². The van der Waals surface area contributed by atoms with E-state index in [1.165, 1.54) is 11.1 Å². The molecule has 0 bridgehead atoms. The molecule has 4 aromatic rings. The summed E-state index contributed by atoms with van der Waals surface area (Å²) in [6.07, 6.45) is 8.80. The number of amides is 1. The van der Waals surface area contributed by atoms with Gasteiger partial charge >= 0.3 is 0 Å². The molecule has 0 N–H and O–H groups in total. The summed E-state index contributed by atoms with van der Waals surface area (Å²) in [6, 6.07) is 18.6. The van der Waals surface area contributed by atoms with E-state index in [2.05, 4.69) is 29.1 Å². The van der Waals surface area contributed by atoms with Crippen molar-refractivity contribution < 1.29 is 19.0 Å². The molecule has 38 heavy (non-hydrogen) atoms. The SMILES string of the molecule is COc1ccc(CN2C(=O)c3cccc4c(Cc5cnn(C6CCC7(CC6)OCCO7)c5)ccc2c34)cc1. The molecule has 1 aliphatic carbocycles. The number of benzene rings is 3. The third-order valence-corrected chi connectivity index (χ3v) is 8.33. The average Bonchev–Trinajstić information content (AvgIpc) is 3.68. The van der Waals surface area contributed by atoms with Crippen LogP contribution in [0.1, 0.15) is 58.8 Å². The van der Waals surface area contributed by atoms with Gasteiger partial charge in [-0.25, -0.2) is 0 Å². The Balaban J connectivity index is 1.12. The minimum absolute atomic E-state index is 0.0525. The molecular weight excluding hydrogens is 478 g/mol. The number of carbonyl (C=O) groups excluding carboxylic acids is 1. The third kappa shape index (κ3) is 3.97. The van der Waals surface area contributed by atoms with E-state index in [1.54, 1.807) is 7.11 Å². The minimum Gasteiger partial charge on any atom is -0.497 e. The van der Waals surface area contributed by atoms with E-state index in [4.69, 9.17) is 19.3 Å². The topological polar surface area (TPSA) is 65.8 Å². The molecule has 0 unspecified atom stereocenters. The molecule has 3 aromatic carbocycles. The molecule has 7 nitrogen and oxygen atoms in total. The number of methoxy groups -OCH3 is 1. The highest BCUT2D eigenvalue weighted by molar-refractivity contribution is 6.25. The Morgan fingerprint density at radius 3 is 2.55 bits per heavy atom. The number of rotatable bonds is 6. The van der Waals surface area contributed by atoms with E-state index < -0.39 is 0 Å². The zero-order valence-corrected chi connectivity index (χ0v) is 21.6. The van der Waals surface area contributed by atoms with Crippen molar-refractivity contribution in [1.82, 2.24) is 9.78 Å². The van der Waals surface area contributed by atoms with Crippen molar-refractivity contribution in [2.24, 2.45) is 0 Å². The molecule has 194 valence electrons. The second kappa shape index (κ2) is 9.26. The van der Waals surface area contributed by atoms with Crippen molar-refractivity contribution in [2.75, 3.05) is 25.2 Å². The molecule has 1 amide bonds. The average molecular weight is 510 g/mol. The summed E-state index contributed by atoms with van der Waals surface area (Å²) < 4.78 is 19.2. The number of nitrogens with zero attached hydrogens (tertiary/aromatic N) is 3. The molecule has 1 spiro atoms. The first kappa shape index (κ1) is 23.4. The Hall–Kier alpha value is -3.68. The minimum atomic E-state index is -0.351. The van der Waals surface area contributed by atoms with Crippen LogP contribution in [0.2, 0.25) is 0 Å². The molecule has 3 heterocycles. The smallest absolute Gasteiger partial charge is 0.259 e. The molecule has 1 aromatic heterocycles. The van der Waals surface area contributed by atoms with Crippen LogP contribution in [-0.4, -0.2) is 41.8 Å². The Kier molecular flexibility index (Phi) is 5.71. The van der Waals surface area contributed by atoms with Crippen LogP contribution in [-0.2, 0) is 22.4 Å². The fourth-order valence-electron chi connectivity index (χ4n) is 6.31. The van der Waals surface area contributed by atoms with Crippen LogP contribution in [0.15, 0.2) is 67.0 Å². The lowest BCUT2D eigenvalue weighted by molar-refractivity contribution is -0.181. The summed E-state index contributed by atoms with van der Waals surface area (Å²) in [5.41, 5.74) is 5.20. The summed E-state index contributed by atoms with van der Waals surface area (Å²) >= 11 is 0. The van der Waals surface area contributed by atoms with Gasteiger partial charge in [0.25, 0.3) is 5.91 Å². The summed E-state index contributed by atoms with van der Waals surface area (Å²) in [7, 11) is 1.66. The first-order chi connectivity index (χ1) is 18.6. The van der Waals surface area contributed by atoms with E-state index in [0.29, 0.717) is 25.8 Å². The van der Waals surface area contributed by atoms with Gasteiger partial charge in [0.2, 0.25) is 0 Å². The number of carbonyl (C=O) groups is 1. The molecule has 0 radical (unpaired) electrons. The van der Waals surface area contributed by atoms with Gasteiger partial charge in [0, 0.05) is 36.4 Å². The van der Waals surface area contributed by atoms with Gasteiger partial charge in [-0.3, -0.25) is 9.48 Å². The quantitative estimate of drug-likeness (QED) is 0.336. The van der Waals surface area contributed by atoms with E-state index >= 15 is 0 Å². The van der Waals surface area contributed by atoms with Crippen LogP contribution in [0.25, 0.3) is 10.8 Å². The standard InChI is InChI=1S/C31H31N3O4/c1-36-25-8-5-21(6-9-25)19-33-28-10-7-23(26-3-2-4-27(29(26)28)30(33)35)17-22-18-32-34(20-22)24-11-13-31(14-12-24)37-15-16-38-31/h2-10,18,20,24H,11-17,19H2,1H3. The van der Waals surface area contributed by atoms with Gasteiger partial charge in [-0.2, -0.15) is 5.10 Å². The highest BCUT2D eigenvalue weighted by atomic mass is 16.7. The predicted octanol–water partition coefficient (Wildman–Crippen LogP) is 5.65. The van der Waals surface area contributed by atoms with Gasteiger partial charge in [0.1, 0.15) is 5.75 Å². The van der Waals surface area contributed by atoms with Crippen LogP contribution in [0.4, 0.5) is 5.69 Å².